The van der Waals surface area contributed by atoms with E-state index in [0.717, 1.165) is 29.5 Å². The van der Waals surface area contributed by atoms with Crippen molar-refractivity contribution in [3.05, 3.63) is 53.7 Å². The zero-order valence-corrected chi connectivity index (χ0v) is 15.0. The van der Waals surface area contributed by atoms with Crippen molar-refractivity contribution in [3.8, 4) is 0 Å². The molecule has 136 valence electrons. The van der Waals surface area contributed by atoms with Gasteiger partial charge in [-0.3, -0.25) is 19.5 Å². The number of aromatic nitrogens is 3. The molecule has 6 nitrogen and oxygen atoms in total. The SMILES string of the molecule is CCC/C(=C\N=C(CF)CN1Cc2cccnc2C1=O)c1cnn(C)c1. The third-order valence-corrected chi connectivity index (χ3v) is 4.27. The molecule has 7 heteroatoms. The number of rotatable bonds is 7. The minimum absolute atomic E-state index is 0.161. The van der Waals surface area contributed by atoms with Crippen LogP contribution in [-0.4, -0.2) is 44.5 Å². The van der Waals surface area contributed by atoms with Gasteiger partial charge in [0.2, 0.25) is 0 Å². The maximum atomic E-state index is 13.5. The van der Waals surface area contributed by atoms with Crippen LogP contribution >= 0.6 is 0 Å². The number of alkyl halides is 1. The monoisotopic (exact) mass is 355 g/mol. The van der Waals surface area contributed by atoms with Crippen molar-refractivity contribution in [1.29, 1.82) is 0 Å². The molecule has 26 heavy (non-hydrogen) atoms. The summed E-state index contributed by atoms with van der Waals surface area (Å²) >= 11 is 0. The Hall–Kier alpha value is -2.83. The highest BCUT2D eigenvalue weighted by atomic mass is 19.1. The van der Waals surface area contributed by atoms with Crippen LogP contribution in [0.2, 0.25) is 0 Å². The van der Waals surface area contributed by atoms with E-state index in [9.17, 15) is 9.18 Å². The number of nitrogens with zero attached hydrogens (tertiary/aromatic N) is 5. The number of fused-ring (bicyclic) bond motifs is 1. The number of hydrogen-bond donors (Lipinski definition) is 0. The van der Waals surface area contributed by atoms with Crippen molar-refractivity contribution in [3.63, 3.8) is 0 Å². The normalized spacial score (nSPS) is 14.9. The Morgan fingerprint density at radius 3 is 2.96 bits per heavy atom. The van der Waals surface area contributed by atoms with Crippen molar-refractivity contribution in [2.45, 2.75) is 26.3 Å². The molecule has 1 aliphatic rings. The first kappa shape index (κ1) is 18.0. The van der Waals surface area contributed by atoms with Gasteiger partial charge in [-0.05, 0) is 18.1 Å². The van der Waals surface area contributed by atoms with Gasteiger partial charge in [-0.2, -0.15) is 5.10 Å². The zero-order chi connectivity index (χ0) is 18.5. The van der Waals surface area contributed by atoms with E-state index in [4.69, 9.17) is 0 Å². The fourth-order valence-corrected chi connectivity index (χ4v) is 2.96. The second-order valence-electron chi connectivity index (χ2n) is 6.31. The number of hydrogen-bond acceptors (Lipinski definition) is 4. The molecule has 0 atom stereocenters. The molecule has 0 fully saturated rings. The molecule has 2 aromatic rings. The van der Waals surface area contributed by atoms with E-state index in [0.29, 0.717) is 18.0 Å². The summed E-state index contributed by atoms with van der Waals surface area (Å²) in [5, 5.41) is 4.18. The van der Waals surface area contributed by atoms with Gasteiger partial charge < -0.3 is 4.90 Å². The summed E-state index contributed by atoms with van der Waals surface area (Å²) in [6.45, 7) is 1.98. The number of carbonyl (C=O) groups is 1. The summed E-state index contributed by atoms with van der Waals surface area (Å²) in [7, 11) is 1.86. The molecular formula is C19H22FN5O. The van der Waals surface area contributed by atoms with Gasteiger partial charge >= 0.3 is 0 Å². The van der Waals surface area contributed by atoms with E-state index in [2.05, 4.69) is 22.0 Å². The second kappa shape index (κ2) is 8.03. The predicted octanol–water partition coefficient (Wildman–Crippen LogP) is 3.02. The summed E-state index contributed by atoms with van der Waals surface area (Å²) in [4.78, 5) is 22.4. The van der Waals surface area contributed by atoms with Gasteiger partial charge in [0.1, 0.15) is 12.4 Å². The Morgan fingerprint density at radius 2 is 2.31 bits per heavy atom. The average Bonchev–Trinajstić information content (AvgIpc) is 3.21. The first-order valence-electron chi connectivity index (χ1n) is 8.65. The molecule has 0 saturated carbocycles. The minimum atomic E-state index is -0.698. The van der Waals surface area contributed by atoms with E-state index in [-0.39, 0.29) is 12.5 Å². The first-order chi connectivity index (χ1) is 12.6. The number of halogens is 1. The summed E-state index contributed by atoms with van der Waals surface area (Å²) < 4.78 is 15.2. The van der Waals surface area contributed by atoms with E-state index in [1.807, 2.05) is 19.3 Å². The fourth-order valence-electron chi connectivity index (χ4n) is 2.96. The lowest BCUT2D eigenvalue weighted by molar-refractivity contribution is 0.0796. The van der Waals surface area contributed by atoms with Crippen LogP contribution in [-0.2, 0) is 13.6 Å². The topological polar surface area (TPSA) is 63.4 Å². The fraction of sp³-hybridized carbons (Fsp3) is 0.368. The standard InChI is InChI=1S/C19H22FN5O/c1-3-5-14(16-10-23-24(2)11-16)9-22-17(8-20)13-25-12-15-6-4-7-21-18(15)19(25)26/h4,6-7,9-11H,3,5,8,12-13H2,1-2H3/b14-9+,22-17?. The van der Waals surface area contributed by atoms with Crippen molar-refractivity contribution in [1.82, 2.24) is 19.7 Å². The maximum Gasteiger partial charge on any atom is 0.273 e. The van der Waals surface area contributed by atoms with Gasteiger partial charge in [0, 0.05) is 43.3 Å². The summed E-state index contributed by atoms with van der Waals surface area (Å²) in [6, 6.07) is 3.67. The predicted molar refractivity (Wildman–Crippen MR) is 98.5 cm³/mol. The molecular weight excluding hydrogens is 333 g/mol. The number of aryl methyl sites for hydroxylation is 1. The van der Waals surface area contributed by atoms with Gasteiger partial charge in [-0.15, -0.1) is 0 Å². The van der Waals surface area contributed by atoms with Crippen LogP contribution in [0.3, 0.4) is 0 Å². The summed E-state index contributed by atoms with van der Waals surface area (Å²) in [6.07, 6.45) is 8.76. The number of allylic oxidation sites excluding steroid dienone is 1. The quantitative estimate of drug-likeness (QED) is 0.717. The Balaban J connectivity index is 1.76. The molecule has 0 unspecified atom stereocenters. The molecule has 0 aromatic carbocycles. The summed E-state index contributed by atoms with van der Waals surface area (Å²) in [5.41, 5.74) is 3.62. The van der Waals surface area contributed by atoms with Gasteiger partial charge in [-0.1, -0.05) is 19.4 Å². The number of carbonyl (C=O) groups excluding carboxylic acids is 1. The number of amides is 1. The van der Waals surface area contributed by atoms with Crippen molar-refractivity contribution < 1.29 is 9.18 Å². The largest absolute Gasteiger partial charge is 0.327 e. The minimum Gasteiger partial charge on any atom is -0.327 e. The highest BCUT2D eigenvalue weighted by Gasteiger charge is 2.28. The Labute approximate surface area is 152 Å². The first-order valence-corrected chi connectivity index (χ1v) is 8.65. The van der Waals surface area contributed by atoms with Crippen LogP contribution in [0.25, 0.3) is 5.57 Å². The Kier molecular flexibility index (Phi) is 5.55. The number of aliphatic imine (C=N–C) groups is 1. The third-order valence-electron chi connectivity index (χ3n) is 4.27. The molecule has 1 amide bonds. The van der Waals surface area contributed by atoms with Crippen LogP contribution < -0.4 is 0 Å². The lowest BCUT2D eigenvalue weighted by Crippen LogP contribution is -2.31. The van der Waals surface area contributed by atoms with Crippen molar-refractivity contribution >= 4 is 17.2 Å². The van der Waals surface area contributed by atoms with E-state index in [1.54, 1.807) is 34.2 Å². The molecule has 0 spiro atoms. The van der Waals surface area contributed by atoms with Crippen molar-refractivity contribution in [2.24, 2.45) is 12.0 Å². The third kappa shape index (κ3) is 3.87. The molecule has 0 saturated heterocycles. The Bertz CT molecular complexity index is 855. The molecule has 0 radical (unpaired) electrons. The van der Waals surface area contributed by atoms with Crippen LogP contribution in [0, 0.1) is 0 Å². The van der Waals surface area contributed by atoms with Crippen molar-refractivity contribution in [2.75, 3.05) is 13.2 Å². The Morgan fingerprint density at radius 1 is 1.46 bits per heavy atom. The summed E-state index contributed by atoms with van der Waals surface area (Å²) in [5.74, 6) is -0.174. The lowest BCUT2D eigenvalue weighted by atomic mass is 10.1. The van der Waals surface area contributed by atoms with Crippen LogP contribution in [0.5, 0.6) is 0 Å². The van der Waals surface area contributed by atoms with Gasteiger partial charge in [0.05, 0.1) is 18.5 Å². The zero-order valence-electron chi connectivity index (χ0n) is 15.0. The molecule has 0 N–H and O–H groups in total. The molecule has 1 aliphatic heterocycles. The second-order valence-corrected chi connectivity index (χ2v) is 6.31. The average molecular weight is 355 g/mol. The van der Waals surface area contributed by atoms with Gasteiger partial charge in [0.25, 0.3) is 5.91 Å². The molecule has 2 aromatic heterocycles. The van der Waals surface area contributed by atoms with E-state index in [1.165, 1.54) is 0 Å². The van der Waals surface area contributed by atoms with Crippen LogP contribution in [0.1, 0.15) is 41.4 Å². The van der Waals surface area contributed by atoms with Crippen LogP contribution in [0.15, 0.2) is 41.9 Å². The maximum absolute atomic E-state index is 13.5. The molecule has 0 bridgehead atoms. The number of pyridine rings is 1. The molecule has 3 rings (SSSR count). The van der Waals surface area contributed by atoms with E-state index < -0.39 is 6.67 Å². The van der Waals surface area contributed by atoms with Gasteiger partial charge in [0.15, 0.2) is 0 Å². The van der Waals surface area contributed by atoms with E-state index >= 15 is 0 Å². The lowest BCUT2D eigenvalue weighted by Gasteiger charge is -2.15. The highest BCUT2D eigenvalue weighted by molar-refractivity contribution is 6.00. The molecule has 3 heterocycles. The van der Waals surface area contributed by atoms with Crippen LogP contribution in [0.4, 0.5) is 4.39 Å². The van der Waals surface area contributed by atoms with Gasteiger partial charge in [-0.25, -0.2) is 4.39 Å². The molecule has 0 aliphatic carbocycles. The smallest absolute Gasteiger partial charge is 0.273 e. The highest BCUT2D eigenvalue weighted by Crippen LogP contribution is 2.21.